The number of alkyl halides is 1. The summed E-state index contributed by atoms with van der Waals surface area (Å²) in [5, 5.41) is 0. The number of rotatable bonds is 4. The molecule has 25 heavy (non-hydrogen) atoms. The Labute approximate surface area is 150 Å². The fourth-order valence-electron chi connectivity index (χ4n) is 6.82. The summed E-state index contributed by atoms with van der Waals surface area (Å²) < 4.78 is 38.6. The highest BCUT2D eigenvalue weighted by Gasteiger charge is 2.58. The Morgan fingerprint density at radius 1 is 1.16 bits per heavy atom. The first-order valence-corrected chi connectivity index (χ1v) is 11.9. The molecule has 1 saturated heterocycles. The minimum Gasteiger partial charge on any atom is -0.339 e. The van der Waals surface area contributed by atoms with Crippen LogP contribution in [0.15, 0.2) is 0 Å². The first-order chi connectivity index (χ1) is 11.7. The summed E-state index contributed by atoms with van der Waals surface area (Å²) in [5.41, 5.74) is -1.21. The van der Waals surface area contributed by atoms with Crippen molar-refractivity contribution in [3.63, 3.8) is 0 Å². The van der Waals surface area contributed by atoms with Gasteiger partial charge in [0.05, 0.1) is 5.75 Å². The SMILES string of the molecule is CS(=O)(=O)CC1CCCCN1C(=O)CC12CC3CC(CC(F)(C3)C1)C2. The monoisotopic (exact) mass is 371 g/mol. The Hall–Kier alpha value is -0.650. The van der Waals surface area contributed by atoms with Gasteiger partial charge in [0.2, 0.25) is 5.91 Å². The zero-order chi connectivity index (χ0) is 17.9. The maximum absolute atomic E-state index is 15.1. The molecule has 4 nitrogen and oxygen atoms in total. The van der Waals surface area contributed by atoms with Crippen LogP contribution in [0, 0.1) is 17.3 Å². The van der Waals surface area contributed by atoms with Gasteiger partial charge in [-0.15, -0.1) is 0 Å². The normalized spacial score (nSPS) is 43.4. The Bertz CT molecular complexity index is 648. The number of amides is 1. The lowest BCUT2D eigenvalue weighted by atomic mass is 9.47. The lowest BCUT2D eigenvalue weighted by Gasteiger charge is -2.59. The molecule has 0 aromatic carbocycles. The van der Waals surface area contributed by atoms with E-state index >= 15 is 4.39 Å². The third-order valence-corrected chi connectivity index (χ3v) is 8.07. The molecule has 3 atom stereocenters. The molecular formula is C19H30FNO3S. The topological polar surface area (TPSA) is 54.5 Å². The quantitative estimate of drug-likeness (QED) is 0.763. The first-order valence-electron chi connectivity index (χ1n) is 9.82. The highest BCUT2D eigenvalue weighted by Crippen LogP contribution is 2.64. The molecule has 6 heteroatoms. The minimum absolute atomic E-state index is 0.0596. The van der Waals surface area contributed by atoms with E-state index in [9.17, 15) is 13.2 Å². The molecule has 0 aromatic rings. The predicted molar refractivity (Wildman–Crippen MR) is 94.6 cm³/mol. The lowest BCUT2D eigenvalue weighted by molar-refractivity contribution is -0.152. The van der Waals surface area contributed by atoms with E-state index in [2.05, 4.69) is 0 Å². The van der Waals surface area contributed by atoms with E-state index in [4.69, 9.17) is 0 Å². The van der Waals surface area contributed by atoms with E-state index in [0.717, 1.165) is 38.5 Å². The van der Waals surface area contributed by atoms with Gasteiger partial charge in [0.15, 0.2) is 0 Å². The number of hydrogen-bond acceptors (Lipinski definition) is 3. The van der Waals surface area contributed by atoms with E-state index < -0.39 is 15.5 Å². The standard InChI is InChI=1S/C19H30FNO3S/c1-25(23,24)12-16-4-2-3-5-21(16)17(22)11-18-7-14-6-15(8-18)10-19(20,9-14)13-18/h14-16H,2-13H2,1H3. The van der Waals surface area contributed by atoms with E-state index in [-0.39, 0.29) is 23.1 Å². The second-order valence-corrected chi connectivity index (χ2v) is 11.8. The summed E-state index contributed by atoms with van der Waals surface area (Å²) in [6.45, 7) is 0.655. The number of sulfone groups is 1. The van der Waals surface area contributed by atoms with Crippen LogP contribution in [0.4, 0.5) is 4.39 Å². The van der Waals surface area contributed by atoms with Crippen LogP contribution >= 0.6 is 0 Å². The van der Waals surface area contributed by atoms with Crippen LogP contribution in [0.5, 0.6) is 0 Å². The zero-order valence-electron chi connectivity index (χ0n) is 15.2. The molecule has 4 bridgehead atoms. The highest BCUT2D eigenvalue weighted by atomic mass is 32.2. The van der Waals surface area contributed by atoms with Gasteiger partial charge < -0.3 is 4.90 Å². The van der Waals surface area contributed by atoms with Gasteiger partial charge in [-0.25, -0.2) is 12.8 Å². The molecule has 1 aliphatic heterocycles. The fourth-order valence-corrected chi connectivity index (χ4v) is 7.86. The van der Waals surface area contributed by atoms with Crippen molar-refractivity contribution >= 4 is 15.7 Å². The Morgan fingerprint density at radius 2 is 1.84 bits per heavy atom. The molecule has 3 unspecified atom stereocenters. The van der Waals surface area contributed by atoms with Crippen molar-refractivity contribution in [2.24, 2.45) is 17.3 Å². The van der Waals surface area contributed by atoms with Crippen molar-refractivity contribution in [3.8, 4) is 0 Å². The fraction of sp³-hybridized carbons (Fsp3) is 0.947. The largest absolute Gasteiger partial charge is 0.339 e. The molecule has 4 saturated carbocycles. The molecule has 1 heterocycles. The summed E-state index contributed by atoms with van der Waals surface area (Å²) in [4.78, 5) is 14.9. The van der Waals surface area contributed by atoms with Crippen molar-refractivity contribution in [3.05, 3.63) is 0 Å². The smallest absolute Gasteiger partial charge is 0.223 e. The minimum atomic E-state index is -3.11. The first kappa shape index (κ1) is 17.7. The van der Waals surface area contributed by atoms with Crippen molar-refractivity contribution < 1.29 is 17.6 Å². The van der Waals surface area contributed by atoms with Gasteiger partial charge in [-0.05, 0) is 75.0 Å². The van der Waals surface area contributed by atoms with Gasteiger partial charge in [-0.3, -0.25) is 4.79 Å². The molecule has 0 radical (unpaired) electrons. The van der Waals surface area contributed by atoms with Crippen molar-refractivity contribution in [1.82, 2.24) is 4.90 Å². The van der Waals surface area contributed by atoms with Crippen molar-refractivity contribution in [2.45, 2.75) is 75.9 Å². The van der Waals surface area contributed by atoms with Gasteiger partial charge in [0, 0.05) is 25.3 Å². The number of piperidine rings is 1. The number of hydrogen-bond donors (Lipinski definition) is 0. The summed E-state index contributed by atoms with van der Waals surface area (Å²) >= 11 is 0. The van der Waals surface area contributed by atoms with Gasteiger partial charge in [0.25, 0.3) is 0 Å². The highest BCUT2D eigenvalue weighted by molar-refractivity contribution is 7.90. The molecule has 0 N–H and O–H groups in total. The van der Waals surface area contributed by atoms with E-state index in [0.29, 0.717) is 44.1 Å². The maximum atomic E-state index is 15.1. The molecule has 5 rings (SSSR count). The molecule has 5 fully saturated rings. The summed E-state index contributed by atoms with van der Waals surface area (Å²) in [5.74, 6) is 1.03. The van der Waals surface area contributed by atoms with E-state index in [1.807, 2.05) is 4.90 Å². The van der Waals surface area contributed by atoms with Crippen LogP contribution in [0.1, 0.15) is 64.2 Å². The number of nitrogens with zero attached hydrogens (tertiary/aromatic N) is 1. The van der Waals surface area contributed by atoms with Crippen LogP contribution in [-0.4, -0.2) is 49.5 Å². The summed E-state index contributed by atoms with van der Waals surface area (Å²) in [7, 11) is -3.11. The Kier molecular flexibility index (Phi) is 4.21. The Balaban J connectivity index is 1.49. The Morgan fingerprint density at radius 3 is 2.44 bits per heavy atom. The summed E-state index contributed by atoms with van der Waals surface area (Å²) in [6, 6.07) is -0.190. The number of likely N-dealkylation sites (tertiary alicyclic amines) is 1. The zero-order valence-corrected chi connectivity index (χ0v) is 16.0. The third-order valence-electron chi connectivity index (χ3n) is 7.08. The second kappa shape index (κ2) is 5.93. The third kappa shape index (κ3) is 3.60. The molecule has 0 aromatic heterocycles. The van der Waals surface area contributed by atoms with Gasteiger partial charge in [0.1, 0.15) is 15.5 Å². The van der Waals surface area contributed by atoms with Gasteiger partial charge >= 0.3 is 0 Å². The molecule has 1 amide bonds. The number of carbonyl (C=O) groups excluding carboxylic acids is 1. The van der Waals surface area contributed by atoms with Crippen LogP contribution < -0.4 is 0 Å². The molecular weight excluding hydrogens is 341 g/mol. The van der Waals surface area contributed by atoms with E-state index in [1.165, 1.54) is 6.26 Å². The van der Waals surface area contributed by atoms with Gasteiger partial charge in [-0.2, -0.15) is 0 Å². The van der Waals surface area contributed by atoms with E-state index in [1.54, 1.807) is 0 Å². The van der Waals surface area contributed by atoms with Crippen LogP contribution in [-0.2, 0) is 14.6 Å². The molecule has 0 spiro atoms. The van der Waals surface area contributed by atoms with Crippen LogP contribution in [0.2, 0.25) is 0 Å². The number of carbonyl (C=O) groups is 1. The lowest BCUT2D eigenvalue weighted by Crippen LogP contribution is -2.56. The predicted octanol–water partition coefficient (Wildman–Crippen LogP) is 3.11. The molecule has 4 aliphatic carbocycles. The van der Waals surface area contributed by atoms with Crippen LogP contribution in [0.25, 0.3) is 0 Å². The second-order valence-electron chi connectivity index (χ2n) is 9.62. The molecule has 142 valence electrons. The van der Waals surface area contributed by atoms with Crippen LogP contribution in [0.3, 0.4) is 0 Å². The molecule has 5 aliphatic rings. The van der Waals surface area contributed by atoms with Crippen molar-refractivity contribution in [2.75, 3.05) is 18.6 Å². The van der Waals surface area contributed by atoms with Gasteiger partial charge in [-0.1, -0.05) is 0 Å². The summed E-state index contributed by atoms with van der Waals surface area (Å²) in [6.07, 6.45) is 9.42. The van der Waals surface area contributed by atoms with Crippen molar-refractivity contribution in [1.29, 1.82) is 0 Å². The average Bonchev–Trinajstić information content (AvgIpc) is 2.42. The average molecular weight is 372 g/mol. The number of halogens is 1. The maximum Gasteiger partial charge on any atom is 0.223 e.